The SMILES string of the molecule is C=C/C=C(\C)Cl.C=NCC.CC.Cc1ccc(-c2ccc(F)cc2)o1. The van der Waals surface area contributed by atoms with Gasteiger partial charge in [0.05, 0.1) is 0 Å². The van der Waals surface area contributed by atoms with Crippen LogP contribution in [0.15, 0.2) is 69.6 Å². The number of hydrogen-bond donors (Lipinski definition) is 0. The van der Waals surface area contributed by atoms with Gasteiger partial charge in [-0.25, -0.2) is 4.39 Å². The molecule has 1 aromatic carbocycles. The lowest BCUT2D eigenvalue weighted by Gasteiger charge is -1.95. The van der Waals surface area contributed by atoms with E-state index in [1.807, 2.05) is 46.8 Å². The molecule has 0 aliphatic heterocycles. The summed E-state index contributed by atoms with van der Waals surface area (Å²) in [5, 5.41) is 0.769. The lowest BCUT2D eigenvalue weighted by atomic mass is 10.2. The lowest BCUT2D eigenvalue weighted by molar-refractivity contribution is 0.548. The number of aryl methyl sites for hydroxylation is 1. The van der Waals surface area contributed by atoms with E-state index in [0.717, 1.165) is 28.7 Å². The zero-order chi connectivity index (χ0) is 19.7. The third kappa shape index (κ3) is 14.0. The van der Waals surface area contributed by atoms with E-state index in [1.54, 1.807) is 24.3 Å². The van der Waals surface area contributed by atoms with Crippen LogP contribution >= 0.6 is 11.6 Å². The van der Waals surface area contributed by atoms with Crippen molar-refractivity contribution in [2.75, 3.05) is 6.54 Å². The first-order chi connectivity index (χ1) is 11.9. The molecule has 138 valence electrons. The highest BCUT2D eigenvalue weighted by molar-refractivity contribution is 6.29. The normalized spacial score (nSPS) is 9.32. The molecule has 1 aromatic heterocycles. The number of halogens is 2. The standard InChI is InChI=1S/C11H9FO.C5H7Cl.C3H7N.C2H6/c1-8-2-7-11(13-8)9-3-5-10(12)6-4-9;1-3-4-5(2)6;1-3-4-2;1-2/h2-7H,1H3;3-4H,1H2,2H3;2-3H2,1H3;1-2H3/b;5-4+;;. The van der Waals surface area contributed by atoms with E-state index >= 15 is 0 Å². The maximum Gasteiger partial charge on any atom is 0.134 e. The summed E-state index contributed by atoms with van der Waals surface area (Å²) < 4.78 is 18.0. The van der Waals surface area contributed by atoms with Gasteiger partial charge in [0.25, 0.3) is 0 Å². The fraction of sp³-hybridized carbons (Fsp3) is 0.286. The number of aliphatic imine (C=N–C) groups is 1. The van der Waals surface area contributed by atoms with Crippen LogP contribution < -0.4 is 0 Å². The van der Waals surface area contributed by atoms with E-state index < -0.39 is 0 Å². The van der Waals surface area contributed by atoms with Crippen molar-refractivity contribution < 1.29 is 8.81 Å². The molecular formula is C21H29ClFNO. The van der Waals surface area contributed by atoms with Crippen molar-refractivity contribution in [3.05, 3.63) is 71.7 Å². The molecule has 0 unspecified atom stereocenters. The van der Waals surface area contributed by atoms with Crippen molar-refractivity contribution in [2.24, 2.45) is 4.99 Å². The third-order valence-electron chi connectivity index (χ3n) is 2.44. The van der Waals surface area contributed by atoms with Crippen LogP contribution in [0.25, 0.3) is 11.3 Å². The molecule has 25 heavy (non-hydrogen) atoms. The molecule has 4 heteroatoms. The number of allylic oxidation sites excluding steroid dienone is 3. The first-order valence-corrected chi connectivity index (χ1v) is 8.52. The van der Waals surface area contributed by atoms with Gasteiger partial charge in [0, 0.05) is 17.1 Å². The van der Waals surface area contributed by atoms with Gasteiger partial charge in [0.2, 0.25) is 0 Å². The van der Waals surface area contributed by atoms with Crippen LogP contribution in [0.2, 0.25) is 0 Å². The van der Waals surface area contributed by atoms with Gasteiger partial charge < -0.3 is 9.41 Å². The molecule has 0 aliphatic rings. The van der Waals surface area contributed by atoms with Gasteiger partial charge in [0.1, 0.15) is 17.3 Å². The Morgan fingerprint density at radius 3 is 2.00 bits per heavy atom. The molecule has 0 fully saturated rings. The van der Waals surface area contributed by atoms with Gasteiger partial charge in [-0.2, -0.15) is 0 Å². The lowest BCUT2D eigenvalue weighted by Crippen LogP contribution is -1.74. The molecule has 0 amide bonds. The second kappa shape index (κ2) is 16.7. The topological polar surface area (TPSA) is 25.5 Å². The predicted octanol–water partition coefficient (Wildman–Crippen LogP) is 7.44. The third-order valence-corrected chi connectivity index (χ3v) is 2.57. The second-order valence-electron chi connectivity index (χ2n) is 4.45. The Labute approximate surface area is 156 Å². The first kappa shape index (κ1) is 25.1. The fourth-order valence-corrected chi connectivity index (χ4v) is 1.46. The Morgan fingerprint density at radius 1 is 1.20 bits per heavy atom. The highest BCUT2D eigenvalue weighted by Gasteiger charge is 2.01. The van der Waals surface area contributed by atoms with E-state index in [-0.39, 0.29) is 5.82 Å². The molecule has 0 saturated carbocycles. The minimum atomic E-state index is -0.230. The number of nitrogens with zero attached hydrogens (tertiary/aromatic N) is 1. The van der Waals surface area contributed by atoms with Crippen LogP contribution in [0, 0.1) is 12.7 Å². The fourth-order valence-electron chi connectivity index (χ4n) is 1.37. The Morgan fingerprint density at radius 2 is 1.72 bits per heavy atom. The van der Waals surface area contributed by atoms with Gasteiger partial charge >= 0.3 is 0 Å². The number of furan rings is 1. The summed E-state index contributed by atoms with van der Waals surface area (Å²) in [6, 6.07) is 10.0. The zero-order valence-electron chi connectivity index (χ0n) is 15.9. The molecule has 0 atom stereocenters. The van der Waals surface area contributed by atoms with E-state index in [2.05, 4.69) is 18.3 Å². The average Bonchev–Trinajstić information content (AvgIpc) is 3.04. The predicted molar refractivity (Wildman–Crippen MR) is 110 cm³/mol. The summed E-state index contributed by atoms with van der Waals surface area (Å²) in [5.41, 5.74) is 0.898. The maximum absolute atomic E-state index is 12.6. The largest absolute Gasteiger partial charge is 0.461 e. The molecule has 0 N–H and O–H groups in total. The van der Waals surface area contributed by atoms with E-state index in [0.29, 0.717) is 0 Å². The molecule has 2 aromatic rings. The summed E-state index contributed by atoms with van der Waals surface area (Å²) in [6.07, 6.45) is 3.39. The van der Waals surface area contributed by atoms with Gasteiger partial charge in [-0.1, -0.05) is 38.1 Å². The van der Waals surface area contributed by atoms with Gasteiger partial charge in [-0.05, 0) is 70.0 Å². The number of hydrogen-bond acceptors (Lipinski definition) is 2. The van der Waals surface area contributed by atoms with Gasteiger partial charge in [0.15, 0.2) is 0 Å². The van der Waals surface area contributed by atoms with Crippen molar-refractivity contribution in [3.63, 3.8) is 0 Å². The zero-order valence-corrected chi connectivity index (χ0v) is 16.6. The molecule has 0 bridgehead atoms. The van der Waals surface area contributed by atoms with Crippen molar-refractivity contribution in [1.29, 1.82) is 0 Å². The summed E-state index contributed by atoms with van der Waals surface area (Å²) in [7, 11) is 0. The molecule has 2 nitrogen and oxygen atoms in total. The van der Waals surface area contributed by atoms with Crippen molar-refractivity contribution in [2.45, 2.75) is 34.6 Å². The number of rotatable bonds is 3. The monoisotopic (exact) mass is 365 g/mol. The molecule has 0 aliphatic carbocycles. The molecule has 0 spiro atoms. The van der Waals surface area contributed by atoms with Gasteiger partial charge in [-0.3, -0.25) is 0 Å². The van der Waals surface area contributed by atoms with E-state index in [9.17, 15) is 4.39 Å². The first-order valence-electron chi connectivity index (χ1n) is 8.14. The average molecular weight is 366 g/mol. The molecule has 0 saturated heterocycles. The Kier molecular flexibility index (Phi) is 16.8. The van der Waals surface area contributed by atoms with E-state index in [1.165, 1.54) is 12.1 Å². The summed E-state index contributed by atoms with van der Waals surface area (Å²) >= 11 is 5.37. The highest BCUT2D eigenvalue weighted by Crippen LogP contribution is 2.21. The minimum absolute atomic E-state index is 0.230. The van der Waals surface area contributed by atoms with Crippen molar-refractivity contribution in [3.8, 4) is 11.3 Å². The van der Waals surface area contributed by atoms with Crippen LogP contribution in [0.3, 0.4) is 0 Å². The summed E-state index contributed by atoms with van der Waals surface area (Å²) in [5.74, 6) is 1.41. The van der Waals surface area contributed by atoms with Crippen molar-refractivity contribution in [1.82, 2.24) is 0 Å². The summed E-state index contributed by atoms with van der Waals surface area (Å²) in [6.45, 7) is 17.1. The smallest absolute Gasteiger partial charge is 0.134 e. The Balaban J connectivity index is 0. The minimum Gasteiger partial charge on any atom is -0.461 e. The molecule has 2 rings (SSSR count). The summed E-state index contributed by atoms with van der Waals surface area (Å²) in [4.78, 5) is 3.49. The number of benzene rings is 1. The quantitative estimate of drug-likeness (QED) is 0.409. The van der Waals surface area contributed by atoms with Crippen LogP contribution in [-0.4, -0.2) is 13.3 Å². The van der Waals surface area contributed by atoms with E-state index in [4.69, 9.17) is 16.0 Å². The van der Waals surface area contributed by atoms with Crippen LogP contribution in [0.5, 0.6) is 0 Å². The molecule has 1 heterocycles. The Hall–Kier alpha value is -2.13. The van der Waals surface area contributed by atoms with Crippen LogP contribution in [-0.2, 0) is 0 Å². The Bertz CT molecular complexity index is 611. The molecular weight excluding hydrogens is 337 g/mol. The second-order valence-corrected chi connectivity index (χ2v) is 5.04. The van der Waals surface area contributed by atoms with Crippen LogP contribution in [0.4, 0.5) is 4.39 Å². The van der Waals surface area contributed by atoms with Crippen LogP contribution in [0.1, 0.15) is 33.5 Å². The highest BCUT2D eigenvalue weighted by atomic mass is 35.5. The maximum atomic E-state index is 12.6. The molecule has 0 radical (unpaired) electrons. The van der Waals surface area contributed by atoms with Crippen molar-refractivity contribution >= 4 is 18.3 Å². The van der Waals surface area contributed by atoms with Gasteiger partial charge in [-0.15, -0.1) is 0 Å².